The first kappa shape index (κ1) is 13.1. The van der Waals surface area contributed by atoms with Gasteiger partial charge >= 0.3 is 10.1 Å². The SMILES string of the molecule is O=S(=O)(O)C(=NNc1ncccn1)c1ccccc1. The Hall–Kier alpha value is -2.32. The van der Waals surface area contributed by atoms with Gasteiger partial charge in [-0.1, -0.05) is 30.3 Å². The molecule has 8 heteroatoms. The zero-order valence-corrected chi connectivity index (χ0v) is 10.4. The monoisotopic (exact) mass is 278 g/mol. The van der Waals surface area contributed by atoms with Crippen molar-refractivity contribution in [1.82, 2.24) is 9.97 Å². The van der Waals surface area contributed by atoms with Crippen LogP contribution in [0.4, 0.5) is 5.95 Å². The van der Waals surface area contributed by atoms with E-state index < -0.39 is 15.2 Å². The third-order valence-corrected chi connectivity index (χ3v) is 2.90. The number of hydrogen-bond acceptors (Lipinski definition) is 6. The Bertz CT molecular complexity index is 672. The fraction of sp³-hybridized carbons (Fsp3) is 0. The summed E-state index contributed by atoms with van der Waals surface area (Å²) in [6.45, 7) is 0. The second kappa shape index (κ2) is 5.55. The summed E-state index contributed by atoms with van der Waals surface area (Å²) in [7, 11) is -4.46. The summed E-state index contributed by atoms with van der Waals surface area (Å²) in [6.07, 6.45) is 2.95. The van der Waals surface area contributed by atoms with Gasteiger partial charge in [0.15, 0.2) is 0 Å². The van der Waals surface area contributed by atoms with Gasteiger partial charge in [0, 0.05) is 18.0 Å². The van der Waals surface area contributed by atoms with Crippen molar-refractivity contribution in [2.75, 3.05) is 5.43 Å². The molecule has 0 saturated carbocycles. The predicted molar refractivity (Wildman–Crippen MR) is 70.2 cm³/mol. The second-order valence-electron chi connectivity index (χ2n) is 3.44. The number of aromatic nitrogens is 2. The summed E-state index contributed by atoms with van der Waals surface area (Å²) in [5.41, 5.74) is 2.63. The van der Waals surface area contributed by atoms with Crippen molar-refractivity contribution in [2.45, 2.75) is 0 Å². The summed E-state index contributed by atoms with van der Waals surface area (Å²) >= 11 is 0. The van der Waals surface area contributed by atoms with Gasteiger partial charge in [0.1, 0.15) is 0 Å². The standard InChI is InChI=1S/C11H10N4O3S/c16-19(17,18)10(9-5-2-1-3-6-9)14-15-11-12-7-4-8-13-11/h1-8H,(H,12,13,15)(H,16,17,18). The van der Waals surface area contributed by atoms with Gasteiger partial charge in [-0.15, -0.1) is 0 Å². The van der Waals surface area contributed by atoms with E-state index >= 15 is 0 Å². The molecule has 0 atom stereocenters. The molecule has 0 amide bonds. The number of rotatable bonds is 3. The summed E-state index contributed by atoms with van der Waals surface area (Å²) in [6, 6.07) is 9.62. The highest BCUT2D eigenvalue weighted by molar-refractivity contribution is 8.02. The highest BCUT2D eigenvalue weighted by atomic mass is 32.2. The van der Waals surface area contributed by atoms with Crippen LogP contribution in [0.5, 0.6) is 0 Å². The molecule has 2 N–H and O–H groups in total. The Morgan fingerprint density at radius 2 is 1.74 bits per heavy atom. The van der Waals surface area contributed by atoms with Crippen molar-refractivity contribution in [3.05, 3.63) is 54.4 Å². The first-order valence-electron chi connectivity index (χ1n) is 5.21. The minimum absolute atomic E-state index is 0.125. The third-order valence-electron chi connectivity index (χ3n) is 2.09. The van der Waals surface area contributed by atoms with E-state index in [0.717, 1.165) is 0 Å². The van der Waals surface area contributed by atoms with Crippen molar-refractivity contribution in [3.63, 3.8) is 0 Å². The Morgan fingerprint density at radius 1 is 1.11 bits per heavy atom. The number of anilines is 1. The van der Waals surface area contributed by atoms with Crippen LogP contribution in [-0.4, -0.2) is 28.0 Å². The molecule has 0 aliphatic rings. The average molecular weight is 278 g/mol. The predicted octanol–water partition coefficient (Wildman–Crippen LogP) is 1.14. The van der Waals surface area contributed by atoms with Crippen molar-refractivity contribution < 1.29 is 13.0 Å². The highest BCUT2D eigenvalue weighted by Gasteiger charge is 2.18. The number of hydrazone groups is 1. The molecule has 0 fully saturated rings. The summed E-state index contributed by atoms with van der Waals surface area (Å²) in [5.74, 6) is 0.125. The summed E-state index contributed by atoms with van der Waals surface area (Å²) in [5, 5.41) is 3.14. The van der Waals surface area contributed by atoms with Crippen molar-refractivity contribution in [2.24, 2.45) is 5.10 Å². The quantitative estimate of drug-likeness (QED) is 0.377. The largest absolute Gasteiger partial charge is 0.314 e. The lowest BCUT2D eigenvalue weighted by Gasteiger charge is -2.03. The lowest BCUT2D eigenvalue weighted by molar-refractivity contribution is 0.498. The molecule has 0 unspecified atom stereocenters. The van der Waals surface area contributed by atoms with E-state index in [1.165, 1.54) is 24.5 Å². The smallest absolute Gasteiger partial charge is 0.281 e. The molecule has 0 spiro atoms. The molecule has 1 aromatic heterocycles. The molecule has 0 saturated heterocycles. The zero-order chi connectivity index (χ0) is 13.7. The van der Waals surface area contributed by atoms with Crippen molar-refractivity contribution >= 4 is 21.1 Å². The molecule has 1 heterocycles. The van der Waals surface area contributed by atoms with E-state index in [-0.39, 0.29) is 11.5 Å². The Morgan fingerprint density at radius 3 is 2.32 bits per heavy atom. The number of nitrogens with one attached hydrogen (secondary N) is 1. The van der Waals surface area contributed by atoms with Gasteiger partial charge in [0.25, 0.3) is 0 Å². The summed E-state index contributed by atoms with van der Waals surface area (Å²) in [4.78, 5) is 7.64. The molecule has 0 aliphatic heterocycles. The normalized spacial score (nSPS) is 12.2. The lowest BCUT2D eigenvalue weighted by Crippen LogP contribution is -2.17. The van der Waals surface area contributed by atoms with Gasteiger partial charge in [-0.05, 0) is 6.07 Å². The molecular formula is C11H10N4O3S. The van der Waals surface area contributed by atoms with Crippen LogP contribution in [0.15, 0.2) is 53.9 Å². The molecular weight excluding hydrogens is 268 g/mol. The van der Waals surface area contributed by atoms with Gasteiger partial charge in [-0.3, -0.25) is 4.55 Å². The van der Waals surface area contributed by atoms with Crippen LogP contribution >= 0.6 is 0 Å². The van der Waals surface area contributed by atoms with Crippen molar-refractivity contribution in [3.8, 4) is 0 Å². The lowest BCUT2D eigenvalue weighted by atomic mass is 10.2. The van der Waals surface area contributed by atoms with Crippen molar-refractivity contribution in [1.29, 1.82) is 0 Å². The van der Waals surface area contributed by atoms with Crippen LogP contribution in [0.2, 0.25) is 0 Å². The second-order valence-corrected chi connectivity index (χ2v) is 4.78. The van der Waals surface area contributed by atoms with Gasteiger partial charge in [-0.25, -0.2) is 15.4 Å². The van der Waals surface area contributed by atoms with Gasteiger partial charge in [0.05, 0.1) is 0 Å². The maximum absolute atomic E-state index is 11.3. The molecule has 1 aromatic carbocycles. The minimum atomic E-state index is -4.46. The number of hydrogen-bond donors (Lipinski definition) is 2. The van der Waals surface area contributed by atoms with Crippen LogP contribution in [0, 0.1) is 0 Å². The number of benzene rings is 1. The molecule has 2 aromatic rings. The Labute approximate surface area is 109 Å². The molecule has 0 bridgehead atoms. The van der Waals surface area contributed by atoms with Gasteiger partial charge < -0.3 is 0 Å². The zero-order valence-electron chi connectivity index (χ0n) is 9.63. The highest BCUT2D eigenvalue weighted by Crippen LogP contribution is 2.07. The summed E-state index contributed by atoms with van der Waals surface area (Å²) < 4.78 is 31.8. The third kappa shape index (κ3) is 3.57. The van der Waals surface area contributed by atoms with Gasteiger partial charge in [-0.2, -0.15) is 13.5 Å². The molecule has 2 rings (SSSR count). The van der Waals surface area contributed by atoms with Crippen LogP contribution in [0.1, 0.15) is 5.56 Å². The molecule has 0 aliphatic carbocycles. The first-order valence-corrected chi connectivity index (χ1v) is 6.65. The topological polar surface area (TPSA) is 105 Å². The van der Waals surface area contributed by atoms with E-state index in [1.54, 1.807) is 24.3 Å². The van der Waals surface area contributed by atoms with E-state index in [0.29, 0.717) is 0 Å². The van der Waals surface area contributed by atoms with Gasteiger partial charge in [0.2, 0.25) is 11.0 Å². The molecule has 7 nitrogen and oxygen atoms in total. The molecule has 19 heavy (non-hydrogen) atoms. The maximum Gasteiger partial charge on any atom is 0.314 e. The minimum Gasteiger partial charge on any atom is -0.281 e. The Kier molecular flexibility index (Phi) is 3.83. The molecule has 0 radical (unpaired) electrons. The molecule has 98 valence electrons. The van der Waals surface area contributed by atoms with E-state index in [1.807, 2.05) is 0 Å². The number of nitrogens with zero attached hydrogens (tertiary/aromatic N) is 3. The van der Waals surface area contributed by atoms with Crippen LogP contribution in [-0.2, 0) is 10.1 Å². The fourth-order valence-corrected chi connectivity index (χ4v) is 1.90. The average Bonchev–Trinajstić information content (AvgIpc) is 2.40. The van der Waals surface area contributed by atoms with E-state index in [9.17, 15) is 8.42 Å². The van der Waals surface area contributed by atoms with Crippen LogP contribution in [0.3, 0.4) is 0 Å². The first-order chi connectivity index (χ1) is 9.07. The van der Waals surface area contributed by atoms with Crippen LogP contribution < -0.4 is 5.43 Å². The van der Waals surface area contributed by atoms with E-state index in [2.05, 4.69) is 20.5 Å². The fourth-order valence-electron chi connectivity index (χ4n) is 1.31. The maximum atomic E-state index is 11.3. The Balaban J connectivity index is 2.35. The van der Waals surface area contributed by atoms with E-state index in [4.69, 9.17) is 4.55 Å². The van der Waals surface area contributed by atoms with Crippen LogP contribution in [0.25, 0.3) is 0 Å².